The summed E-state index contributed by atoms with van der Waals surface area (Å²) in [4.78, 5) is 11.2. The van der Waals surface area contributed by atoms with Gasteiger partial charge in [0.15, 0.2) is 11.6 Å². The van der Waals surface area contributed by atoms with E-state index in [4.69, 9.17) is 11.6 Å². The van der Waals surface area contributed by atoms with Crippen LogP contribution < -0.4 is 0 Å². The summed E-state index contributed by atoms with van der Waals surface area (Å²) in [5.74, 6) is -0.949. The number of hydrogen-bond acceptors (Lipinski definition) is 1. The average Bonchev–Trinajstić information content (AvgIpc) is 2.13. The van der Waals surface area contributed by atoms with Crippen LogP contribution in [0.1, 0.15) is 10.4 Å². The van der Waals surface area contributed by atoms with Gasteiger partial charge < -0.3 is 0 Å². The Hall–Kier alpha value is 0.0700. The molecular weight excluding hydrogens is 326 g/mol. The lowest BCUT2D eigenvalue weighted by atomic mass is 10.1. The molecule has 0 saturated carbocycles. The molecule has 13 heavy (non-hydrogen) atoms. The summed E-state index contributed by atoms with van der Waals surface area (Å²) in [6, 6.07) is 2.99. The molecule has 0 radical (unpaired) electrons. The van der Waals surface area contributed by atoms with Crippen molar-refractivity contribution in [2.45, 2.75) is 0 Å². The second-order valence-corrected chi connectivity index (χ2v) is 4.19. The van der Waals surface area contributed by atoms with E-state index in [1.807, 2.05) is 0 Å². The number of alkyl halides is 1. The highest BCUT2D eigenvalue weighted by Gasteiger charge is 2.14. The van der Waals surface area contributed by atoms with Crippen LogP contribution in [-0.2, 0) is 0 Å². The Bertz CT molecular complexity index is 354. The number of benzene rings is 1. The largest absolute Gasteiger partial charge is 0.293 e. The van der Waals surface area contributed by atoms with Crippen molar-refractivity contribution in [2.24, 2.45) is 0 Å². The highest BCUT2D eigenvalue weighted by molar-refractivity contribution is 9.11. The molecule has 0 unspecified atom stereocenters. The standard InChI is InChI=1S/C8H4Br2ClFO/c9-5-2-1-4(6(13)3-11)7(10)8(5)12/h1-2H,3H2. The minimum Gasteiger partial charge on any atom is -0.293 e. The zero-order valence-electron chi connectivity index (χ0n) is 6.28. The Labute approximate surface area is 96.5 Å². The lowest BCUT2D eigenvalue weighted by Gasteiger charge is -2.03. The zero-order valence-corrected chi connectivity index (χ0v) is 10.2. The van der Waals surface area contributed by atoms with Crippen molar-refractivity contribution in [3.05, 3.63) is 32.5 Å². The van der Waals surface area contributed by atoms with Crippen LogP contribution in [0.3, 0.4) is 0 Å². The van der Waals surface area contributed by atoms with Gasteiger partial charge in [-0.3, -0.25) is 4.79 Å². The molecule has 0 N–H and O–H groups in total. The average molecular weight is 330 g/mol. The van der Waals surface area contributed by atoms with Crippen molar-refractivity contribution >= 4 is 49.2 Å². The van der Waals surface area contributed by atoms with E-state index in [-0.39, 0.29) is 21.7 Å². The molecule has 1 rings (SSSR count). The fraction of sp³-hybridized carbons (Fsp3) is 0.125. The third kappa shape index (κ3) is 2.30. The highest BCUT2D eigenvalue weighted by atomic mass is 79.9. The van der Waals surface area contributed by atoms with E-state index in [0.29, 0.717) is 4.47 Å². The number of carbonyl (C=O) groups is 1. The van der Waals surface area contributed by atoms with E-state index >= 15 is 0 Å². The van der Waals surface area contributed by atoms with Crippen molar-refractivity contribution in [1.82, 2.24) is 0 Å². The summed E-state index contributed by atoms with van der Waals surface area (Å²) in [7, 11) is 0. The quantitative estimate of drug-likeness (QED) is 0.458. The van der Waals surface area contributed by atoms with Crippen LogP contribution >= 0.6 is 43.5 Å². The molecule has 1 nitrogen and oxygen atoms in total. The van der Waals surface area contributed by atoms with Crippen LogP contribution in [-0.4, -0.2) is 11.7 Å². The molecule has 0 aliphatic carbocycles. The summed E-state index contributed by atoms with van der Waals surface area (Å²) < 4.78 is 13.7. The number of rotatable bonds is 2. The molecule has 0 aliphatic rings. The third-order valence-electron chi connectivity index (χ3n) is 1.46. The number of halogens is 4. The van der Waals surface area contributed by atoms with Crippen LogP contribution in [0.25, 0.3) is 0 Å². The molecule has 0 aliphatic heterocycles. The van der Waals surface area contributed by atoms with Gasteiger partial charge in [-0.2, -0.15) is 0 Å². The number of carbonyl (C=O) groups excluding carboxylic acids is 1. The van der Waals surface area contributed by atoms with E-state index in [1.54, 1.807) is 0 Å². The monoisotopic (exact) mass is 328 g/mol. The molecule has 0 saturated heterocycles. The Balaban J connectivity index is 3.26. The van der Waals surface area contributed by atoms with Gasteiger partial charge in [0.1, 0.15) is 0 Å². The van der Waals surface area contributed by atoms with Crippen LogP contribution in [0.5, 0.6) is 0 Å². The maximum Gasteiger partial charge on any atom is 0.178 e. The molecule has 0 amide bonds. The first-order valence-corrected chi connectivity index (χ1v) is 5.42. The summed E-state index contributed by atoms with van der Waals surface area (Å²) in [6.45, 7) is 0. The molecule has 0 bridgehead atoms. The summed E-state index contributed by atoms with van der Waals surface area (Å²) in [5, 5.41) is 0. The predicted octanol–water partition coefficient (Wildman–Crippen LogP) is 3.77. The fourth-order valence-corrected chi connectivity index (χ4v) is 2.12. The first-order chi connectivity index (χ1) is 6.07. The minimum absolute atomic E-state index is 0.146. The lowest BCUT2D eigenvalue weighted by Crippen LogP contribution is -2.02. The van der Waals surface area contributed by atoms with E-state index in [9.17, 15) is 9.18 Å². The second kappa shape index (κ2) is 4.53. The van der Waals surface area contributed by atoms with Crippen LogP contribution in [0.2, 0.25) is 0 Å². The van der Waals surface area contributed by atoms with Gasteiger partial charge in [-0.1, -0.05) is 0 Å². The van der Waals surface area contributed by atoms with Crippen LogP contribution in [0.15, 0.2) is 21.1 Å². The van der Waals surface area contributed by atoms with Gasteiger partial charge in [0.2, 0.25) is 0 Å². The minimum atomic E-state index is -0.490. The topological polar surface area (TPSA) is 17.1 Å². The van der Waals surface area contributed by atoms with Gasteiger partial charge in [0.25, 0.3) is 0 Å². The molecule has 70 valence electrons. The Morgan fingerprint density at radius 1 is 1.46 bits per heavy atom. The molecule has 0 fully saturated rings. The van der Waals surface area contributed by atoms with Crippen LogP contribution in [0.4, 0.5) is 4.39 Å². The van der Waals surface area contributed by atoms with Crippen molar-refractivity contribution in [2.75, 3.05) is 5.88 Å². The molecule has 0 atom stereocenters. The first-order valence-electron chi connectivity index (χ1n) is 3.30. The lowest BCUT2D eigenvalue weighted by molar-refractivity contribution is 0.102. The van der Waals surface area contributed by atoms with E-state index in [0.717, 1.165) is 0 Å². The molecule has 0 aromatic heterocycles. The van der Waals surface area contributed by atoms with E-state index in [1.165, 1.54) is 12.1 Å². The number of hydrogen-bond donors (Lipinski definition) is 0. The van der Waals surface area contributed by atoms with Crippen molar-refractivity contribution in [3.8, 4) is 0 Å². The fourth-order valence-electron chi connectivity index (χ4n) is 0.813. The van der Waals surface area contributed by atoms with Gasteiger partial charge in [0, 0.05) is 5.56 Å². The van der Waals surface area contributed by atoms with Crippen molar-refractivity contribution in [1.29, 1.82) is 0 Å². The van der Waals surface area contributed by atoms with Gasteiger partial charge in [-0.15, -0.1) is 11.6 Å². The second-order valence-electron chi connectivity index (χ2n) is 2.28. The maximum absolute atomic E-state index is 13.2. The Kier molecular flexibility index (Phi) is 3.88. The normalized spacial score (nSPS) is 10.2. The van der Waals surface area contributed by atoms with Crippen molar-refractivity contribution in [3.63, 3.8) is 0 Å². The Morgan fingerprint density at radius 2 is 2.08 bits per heavy atom. The molecule has 1 aromatic rings. The van der Waals surface area contributed by atoms with Crippen LogP contribution in [0, 0.1) is 5.82 Å². The van der Waals surface area contributed by atoms with Gasteiger partial charge >= 0.3 is 0 Å². The van der Waals surface area contributed by atoms with E-state index < -0.39 is 5.82 Å². The van der Waals surface area contributed by atoms with Gasteiger partial charge in [-0.05, 0) is 44.0 Å². The first kappa shape index (κ1) is 11.1. The van der Waals surface area contributed by atoms with Gasteiger partial charge in [0.05, 0.1) is 14.8 Å². The zero-order chi connectivity index (χ0) is 10.0. The van der Waals surface area contributed by atoms with Gasteiger partial charge in [-0.25, -0.2) is 4.39 Å². The third-order valence-corrected chi connectivity index (χ3v) is 3.09. The molecule has 1 aromatic carbocycles. The summed E-state index contributed by atoms with van der Waals surface area (Å²) in [5.41, 5.74) is 0.260. The van der Waals surface area contributed by atoms with Crippen molar-refractivity contribution < 1.29 is 9.18 Å². The maximum atomic E-state index is 13.2. The Morgan fingerprint density at radius 3 is 2.62 bits per heavy atom. The SMILES string of the molecule is O=C(CCl)c1ccc(Br)c(F)c1Br. The molecule has 0 heterocycles. The number of Topliss-reactive ketones (excluding diaryl/α,β-unsaturated/α-hetero) is 1. The predicted molar refractivity (Wildman–Crippen MR) is 56.9 cm³/mol. The summed E-state index contributed by atoms with van der Waals surface area (Å²) in [6.07, 6.45) is 0. The highest BCUT2D eigenvalue weighted by Crippen LogP contribution is 2.27. The molecule has 5 heteroatoms. The van der Waals surface area contributed by atoms with E-state index in [2.05, 4.69) is 31.9 Å². The smallest absolute Gasteiger partial charge is 0.178 e. The molecule has 0 spiro atoms. The summed E-state index contributed by atoms with van der Waals surface area (Å²) >= 11 is 11.3. The number of ketones is 1. The molecular formula is C8H4Br2ClFO.